The first-order valence-corrected chi connectivity index (χ1v) is 20.5. The molecule has 0 bridgehead atoms. The van der Waals surface area contributed by atoms with Gasteiger partial charge in [-0.25, -0.2) is 4.98 Å². The van der Waals surface area contributed by atoms with Crippen LogP contribution in [0.25, 0.3) is 11.1 Å². The molecule has 1 saturated heterocycles. The SMILES string of the molecule is COCCOc1ccc(OC)c(-c2ccc(OC3CN(C(=O)Cc4cccnn4)C3)nc2)c1.COCCOc1ccc(OC)c(B(O)O)c1.COCCOc1ccc(OC)c(Br)c1. The van der Waals surface area contributed by atoms with E-state index in [0.717, 1.165) is 38.6 Å². The molecule has 1 aliphatic rings. The van der Waals surface area contributed by atoms with E-state index in [9.17, 15) is 4.79 Å². The summed E-state index contributed by atoms with van der Waals surface area (Å²) < 4.78 is 53.6. The van der Waals surface area contributed by atoms with Crippen molar-refractivity contribution in [3.8, 4) is 51.5 Å². The molecule has 19 heteroatoms. The first-order valence-electron chi connectivity index (χ1n) is 19.7. The van der Waals surface area contributed by atoms with E-state index in [4.69, 9.17) is 57.4 Å². The van der Waals surface area contributed by atoms with Gasteiger partial charge in [0.2, 0.25) is 11.8 Å². The van der Waals surface area contributed by atoms with E-state index in [1.807, 2.05) is 48.5 Å². The van der Waals surface area contributed by atoms with Crippen LogP contribution in [0.5, 0.6) is 40.4 Å². The van der Waals surface area contributed by atoms with Gasteiger partial charge >= 0.3 is 7.12 Å². The van der Waals surface area contributed by atoms with Crippen molar-refractivity contribution in [1.29, 1.82) is 0 Å². The predicted molar refractivity (Wildman–Crippen MR) is 239 cm³/mol. The van der Waals surface area contributed by atoms with E-state index in [1.54, 1.807) is 77.1 Å². The van der Waals surface area contributed by atoms with Gasteiger partial charge in [0.25, 0.3) is 0 Å². The van der Waals surface area contributed by atoms with Gasteiger partial charge in [-0.15, -0.1) is 0 Å². The van der Waals surface area contributed by atoms with Gasteiger partial charge < -0.3 is 62.3 Å². The Balaban J connectivity index is 0.000000241. The summed E-state index contributed by atoms with van der Waals surface area (Å²) in [6, 6.07) is 23.4. The maximum absolute atomic E-state index is 12.3. The van der Waals surface area contributed by atoms with Crippen molar-refractivity contribution in [2.45, 2.75) is 12.5 Å². The Morgan fingerprint density at radius 3 is 1.79 bits per heavy atom. The van der Waals surface area contributed by atoms with Crippen molar-refractivity contribution in [3.63, 3.8) is 0 Å². The molecule has 0 aliphatic carbocycles. The molecular weight excluding hydrogens is 883 g/mol. The highest BCUT2D eigenvalue weighted by Gasteiger charge is 2.32. The van der Waals surface area contributed by atoms with Gasteiger partial charge in [-0.1, -0.05) is 0 Å². The molecule has 1 amide bonds. The number of ether oxygens (including phenoxy) is 10. The molecule has 0 unspecified atom stereocenters. The number of methoxy groups -OCH3 is 6. The lowest BCUT2D eigenvalue weighted by atomic mass is 9.79. The molecule has 0 atom stereocenters. The molecule has 6 rings (SSSR count). The lowest BCUT2D eigenvalue weighted by molar-refractivity contribution is -0.139. The standard InChI is InChI=1S/C24H26N4O5.C10H15BO5.C10H13BrO3/c1-30-10-11-32-19-6-7-22(31-2)21(13-19)17-5-8-23(25-14-17)33-20-15-28(16-20)24(29)12-18-4-3-9-26-27-18;1-14-5-6-16-8-3-4-10(15-2)9(7-8)11(12)13;1-12-5-6-14-8-3-4-10(13-2)9(11)7-8/h3-9,13-14,20H,10-12,15-16H2,1-2H3;3-4,7,12-13H,5-6H2,1-2H3;3-4,7H,5-6H2,1-2H3. The first-order chi connectivity index (χ1) is 30.6. The molecule has 2 N–H and O–H groups in total. The van der Waals surface area contributed by atoms with Gasteiger partial charge in [0, 0.05) is 56.4 Å². The van der Waals surface area contributed by atoms with Crippen LogP contribution in [0.1, 0.15) is 5.69 Å². The number of likely N-dealkylation sites (tertiary alicyclic amines) is 1. The number of rotatable bonds is 21. The summed E-state index contributed by atoms with van der Waals surface area (Å²) in [6.45, 7) is 4.05. The van der Waals surface area contributed by atoms with Crippen LogP contribution in [-0.2, 0) is 25.4 Å². The highest BCUT2D eigenvalue weighted by molar-refractivity contribution is 9.10. The fourth-order valence-corrected chi connectivity index (χ4v) is 6.18. The number of carbonyl (C=O) groups is 1. The van der Waals surface area contributed by atoms with Crippen molar-refractivity contribution >= 4 is 34.4 Å². The minimum atomic E-state index is -1.58. The third-order valence-corrected chi connectivity index (χ3v) is 9.56. The van der Waals surface area contributed by atoms with Gasteiger partial charge in [-0.3, -0.25) is 4.79 Å². The molecule has 3 heterocycles. The van der Waals surface area contributed by atoms with Crippen LogP contribution in [0, 0.1) is 0 Å². The monoisotopic (exact) mass is 936 g/mol. The molecule has 0 saturated carbocycles. The molecule has 2 aromatic heterocycles. The Morgan fingerprint density at radius 1 is 0.714 bits per heavy atom. The number of carbonyl (C=O) groups excluding carboxylic acids is 1. The Kier molecular flexibility index (Phi) is 21.7. The molecule has 3 aromatic carbocycles. The molecule has 63 heavy (non-hydrogen) atoms. The molecular formula is C44H54BBrN4O13. The van der Waals surface area contributed by atoms with Crippen LogP contribution in [-0.4, -0.2) is 145 Å². The van der Waals surface area contributed by atoms with Crippen LogP contribution < -0.4 is 38.6 Å². The average Bonchev–Trinajstić information content (AvgIpc) is 3.28. The van der Waals surface area contributed by atoms with Crippen LogP contribution >= 0.6 is 15.9 Å². The van der Waals surface area contributed by atoms with Crippen LogP contribution in [0.3, 0.4) is 0 Å². The number of pyridine rings is 1. The molecule has 0 spiro atoms. The van der Waals surface area contributed by atoms with Gasteiger partial charge in [-0.05, 0) is 88.7 Å². The van der Waals surface area contributed by atoms with Gasteiger partial charge in [0.05, 0.1) is 70.8 Å². The normalized spacial score (nSPS) is 11.7. The second kappa shape index (κ2) is 27.4. The first kappa shape index (κ1) is 50.0. The number of benzene rings is 3. The van der Waals surface area contributed by atoms with E-state index < -0.39 is 7.12 Å². The molecule has 17 nitrogen and oxygen atoms in total. The molecule has 338 valence electrons. The molecule has 5 aromatic rings. The van der Waals surface area contributed by atoms with Gasteiger partial charge in [0.15, 0.2) is 0 Å². The van der Waals surface area contributed by atoms with Crippen LogP contribution in [0.15, 0.2) is 95.7 Å². The fourth-order valence-electron chi connectivity index (χ4n) is 5.66. The smallest absolute Gasteiger partial charge is 0.492 e. The number of hydrogen-bond donors (Lipinski definition) is 2. The Bertz CT molecular complexity index is 2100. The fraction of sp³-hybridized carbons (Fsp3) is 0.364. The Labute approximate surface area is 376 Å². The summed E-state index contributed by atoms with van der Waals surface area (Å²) in [5.41, 5.74) is 2.69. The quantitative estimate of drug-likeness (QED) is 0.0782. The number of halogens is 1. The van der Waals surface area contributed by atoms with Crippen molar-refractivity contribution in [3.05, 3.63) is 101 Å². The third-order valence-electron chi connectivity index (χ3n) is 8.94. The molecule has 1 fully saturated rings. The van der Waals surface area contributed by atoms with E-state index in [0.29, 0.717) is 75.8 Å². The van der Waals surface area contributed by atoms with E-state index in [1.165, 1.54) is 13.2 Å². The third kappa shape index (κ3) is 16.5. The minimum absolute atomic E-state index is 0.0124. The number of amides is 1. The maximum atomic E-state index is 12.3. The highest BCUT2D eigenvalue weighted by Crippen LogP contribution is 2.34. The Morgan fingerprint density at radius 2 is 1.29 bits per heavy atom. The number of hydrogen-bond acceptors (Lipinski definition) is 16. The van der Waals surface area contributed by atoms with E-state index in [2.05, 4.69) is 31.1 Å². The second-order valence-corrected chi connectivity index (χ2v) is 14.1. The lowest BCUT2D eigenvalue weighted by Crippen LogP contribution is -2.56. The second-order valence-electron chi connectivity index (χ2n) is 13.3. The summed E-state index contributed by atoms with van der Waals surface area (Å²) in [5, 5.41) is 26.0. The molecule has 0 radical (unpaired) electrons. The summed E-state index contributed by atoms with van der Waals surface area (Å²) in [4.78, 5) is 18.5. The maximum Gasteiger partial charge on any atom is 0.492 e. The Hall–Kier alpha value is -5.70. The zero-order valence-corrected chi connectivity index (χ0v) is 37.8. The summed E-state index contributed by atoms with van der Waals surface area (Å²) in [5.74, 6) is 4.52. The summed E-state index contributed by atoms with van der Waals surface area (Å²) >= 11 is 3.38. The van der Waals surface area contributed by atoms with E-state index in [-0.39, 0.29) is 23.9 Å². The topological polar surface area (TPSA) is 192 Å². The van der Waals surface area contributed by atoms with Crippen molar-refractivity contribution in [2.24, 2.45) is 0 Å². The lowest BCUT2D eigenvalue weighted by Gasteiger charge is -2.38. The van der Waals surface area contributed by atoms with Crippen molar-refractivity contribution < 1.29 is 62.2 Å². The van der Waals surface area contributed by atoms with Crippen LogP contribution in [0.4, 0.5) is 0 Å². The summed E-state index contributed by atoms with van der Waals surface area (Å²) in [6.07, 6.45) is 3.48. The zero-order valence-electron chi connectivity index (χ0n) is 36.2. The highest BCUT2D eigenvalue weighted by atomic mass is 79.9. The van der Waals surface area contributed by atoms with Crippen LogP contribution in [0.2, 0.25) is 0 Å². The van der Waals surface area contributed by atoms with Gasteiger partial charge in [0.1, 0.15) is 60.4 Å². The zero-order chi connectivity index (χ0) is 45.4. The van der Waals surface area contributed by atoms with Crippen molar-refractivity contribution in [1.82, 2.24) is 20.1 Å². The number of aromatic nitrogens is 3. The predicted octanol–water partition coefficient (Wildman–Crippen LogP) is 4.29. The molecule has 1 aliphatic heterocycles. The average molecular weight is 938 g/mol. The number of nitrogens with zero attached hydrogens (tertiary/aromatic N) is 4. The van der Waals surface area contributed by atoms with E-state index >= 15 is 0 Å². The van der Waals surface area contributed by atoms with Crippen molar-refractivity contribution in [2.75, 3.05) is 95.4 Å². The minimum Gasteiger partial charge on any atom is -0.497 e. The largest absolute Gasteiger partial charge is 0.497 e. The summed E-state index contributed by atoms with van der Waals surface area (Å²) in [7, 11) is 8.01. The van der Waals surface area contributed by atoms with Gasteiger partial charge in [-0.2, -0.15) is 10.2 Å².